The van der Waals surface area contributed by atoms with Crippen molar-refractivity contribution in [3.05, 3.63) is 35.2 Å². The summed E-state index contributed by atoms with van der Waals surface area (Å²) in [6, 6.07) is 5.46. The standard InChI is InChI=1S/C14H16ClN3O/c1-9(2)6-11-7-12(15)18-14(17-11)10-4-5-13(19-3)16-8-10/h4-5,7-9H,6H2,1-3H3. The summed E-state index contributed by atoms with van der Waals surface area (Å²) in [5.41, 5.74) is 1.77. The molecule has 100 valence electrons. The first-order valence-corrected chi connectivity index (χ1v) is 6.50. The fourth-order valence-corrected chi connectivity index (χ4v) is 1.96. The van der Waals surface area contributed by atoms with Gasteiger partial charge in [-0.05, 0) is 24.5 Å². The van der Waals surface area contributed by atoms with E-state index < -0.39 is 0 Å². The van der Waals surface area contributed by atoms with Crippen molar-refractivity contribution in [2.75, 3.05) is 7.11 Å². The van der Waals surface area contributed by atoms with Crippen LogP contribution in [-0.2, 0) is 6.42 Å². The van der Waals surface area contributed by atoms with Crippen molar-refractivity contribution in [2.45, 2.75) is 20.3 Å². The fraction of sp³-hybridized carbons (Fsp3) is 0.357. The van der Waals surface area contributed by atoms with E-state index in [1.165, 1.54) is 0 Å². The lowest BCUT2D eigenvalue weighted by atomic mass is 10.1. The molecule has 0 bridgehead atoms. The van der Waals surface area contributed by atoms with Crippen LogP contribution in [0.5, 0.6) is 5.88 Å². The Hall–Kier alpha value is -1.68. The number of pyridine rings is 1. The van der Waals surface area contributed by atoms with Crippen LogP contribution in [0.25, 0.3) is 11.4 Å². The summed E-state index contributed by atoms with van der Waals surface area (Å²) in [5.74, 6) is 1.68. The van der Waals surface area contributed by atoms with Crippen molar-refractivity contribution >= 4 is 11.6 Å². The molecule has 19 heavy (non-hydrogen) atoms. The molecule has 4 nitrogen and oxygen atoms in total. The first-order chi connectivity index (χ1) is 9.08. The van der Waals surface area contributed by atoms with Crippen molar-refractivity contribution in [1.29, 1.82) is 0 Å². The third-order valence-electron chi connectivity index (χ3n) is 2.57. The van der Waals surface area contributed by atoms with Gasteiger partial charge in [-0.1, -0.05) is 25.4 Å². The molecule has 0 unspecified atom stereocenters. The molecule has 0 atom stereocenters. The molecule has 0 aliphatic heterocycles. The van der Waals surface area contributed by atoms with Crippen molar-refractivity contribution in [3.63, 3.8) is 0 Å². The van der Waals surface area contributed by atoms with Gasteiger partial charge in [-0.25, -0.2) is 15.0 Å². The van der Waals surface area contributed by atoms with Gasteiger partial charge in [0.25, 0.3) is 0 Å². The highest BCUT2D eigenvalue weighted by atomic mass is 35.5. The van der Waals surface area contributed by atoms with Crippen LogP contribution in [0.4, 0.5) is 0 Å². The summed E-state index contributed by atoms with van der Waals surface area (Å²) < 4.78 is 5.03. The molecule has 2 heterocycles. The van der Waals surface area contributed by atoms with Crippen molar-refractivity contribution in [3.8, 4) is 17.3 Å². The van der Waals surface area contributed by atoms with Crippen molar-refractivity contribution in [2.24, 2.45) is 5.92 Å². The molecule has 0 saturated heterocycles. The number of hydrogen-bond acceptors (Lipinski definition) is 4. The van der Waals surface area contributed by atoms with Gasteiger partial charge >= 0.3 is 0 Å². The molecule has 0 spiro atoms. The summed E-state index contributed by atoms with van der Waals surface area (Å²) in [6.45, 7) is 4.29. The number of nitrogens with zero attached hydrogens (tertiary/aromatic N) is 3. The maximum atomic E-state index is 6.05. The number of hydrogen-bond donors (Lipinski definition) is 0. The topological polar surface area (TPSA) is 47.9 Å². The van der Waals surface area contributed by atoms with Crippen LogP contribution in [-0.4, -0.2) is 22.1 Å². The van der Waals surface area contributed by atoms with Gasteiger partial charge in [0.2, 0.25) is 5.88 Å². The van der Waals surface area contributed by atoms with Gasteiger partial charge in [0.1, 0.15) is 5.15 Å². The van der Waals surface area contributed by atoms with E-state index in [9.17, 15) is 0 Å². The van der Waals surface area contributed by atoms with Crippen LogP contribution >= 0.6 is 11.6 Å². The SMILES string of the molecule is COc1ccc(-c2nc(Cl)cc(CC(C)C)n2)cn1. The van der Waals surface area contributed by atoms with Crippen LogP contribution in [0.1, 0.15) is 19.5 Å². The van der Waals surface area contributed by atoms with Crippen molar-refractivity contribution < 1.29 is 4.74 Å². The van der Waals surface area contributed by atoms with Gasteiger partial charge in [0, 0.05) is 23.5 Å². The van der Waals surface area contributed by atoms with Crippen LogP contribution in [0, 0.1) is 5.92 Å². The molecular weight excluding hydrogens is 262 g/mol. The Kier molecular flexibility index (Phi) is 4.32. The number of ether oxygens (including phenoxy) is 1. The van der Waals surface area contributed by atoms with E-state index >= 15 is 0 Å². The zero-order valence-electron chi connectivity index (χ0n) is 11.2. The third kappa shape index (κ3) is 3.64. The summed E-state index contributed by atoms with van der Waals surface area (Å²) in [7, 11) is 1.58. The molecule has 0 aliphatic rings. The third-order valence-corrected chi connectivity index (χ3v) is 2.76. The van der Waals surface area contributed by atoms with Gasteiger partial charge in [-0.3, -0.25) is 0 Å². The average molecular weight is 278 g/mol. The van der Waals surface area contributed by atoms with E-state index in [0.717, 1.165) is 17.7 Å². The highest BCUT2D eigenvalue weighted by Gasteiger charge is 2.08. The van der Waals surface area contributed by atoms with E-state index in [2.05, 4.69) is 28.8 Å². The summed E-state index contributed by atoms with van der Waals surface area (Å²) in [4.78, 5) is 12.9. The molecule has 0 saturated carbocycles. The van der Waals surface area contributed by atoms with Crippen LogP contribution in [0.15, 0.2) is 24.4 Å². The van der Waals surface area contributed by atoms with Crippen LogP contribution in [0.2, 0.25) is 5.15 Å². The second-order valence-electron chi connectivity index (χ2n) is 4.69. The van der Waals surface area contributed by atoms with Gasteiger partial charge in [0.05, 0.1) is 7.11 Å². The molecule has 2 rings (SSSR count). The lowest BCUT2D eigenvalue weighted by Crippen LogP contribution is -2.01. The Morgan fingerprint density at radius 1 is 1.26 bits per heavy atom. The Morgan fingerprint density at radius 2 is 2.05 bits per heavy atom. The van der Waals surface area contributed by atoms with E-state index in [1.807, 2.05) is 12.1 Å². The molecule has 0 aliphatic carbocycles. The fourth-order valence-electron chi connectivity index (χ4n) is 1.75. The predicted octanol–water partition coefficient (Wildman–Crippen LogP) is 3.40. The van der Waals surface area contributed by atoms with Gasteiger partial charge < -0.3 is 4.74 Å². The number of aromatic nitrogens is 3. The minimum Gasteiger partial charge on any atom is -0.481 e. The van der Waals surface area contributed by atoms with E-state index in [-0.39, 0.29) is 0 Å². The number of halogens is 1. The second kappa shape index (κ2) is 5.97. The van der Waals surface area contributed by atoms with Gasteiger partial charge in [-0.15, -0.1) is 0 Å². The Bertz CT molecular complexity index is 555. The van der Waals surface area contributed by atoms with E-state index in [1.54, 1.807) is 19.4 Å². The van der Waals surface area contributed by atoms with E-state index in [0.29, 0.717) is 22.8 Å². The van der Waals surface area contributed by atoms with Crippen LogP contribution in [0.3, 0.4) is 0 Å². The van der Waals surface area contributed by atoms with E-state index in [4.69, 9.17) is 16.3 Å². The van der Waals surface area contributed by atoms with Crippen LogP contribution < -0.4 is 4.74 Å². The lowest BCUT2D eigenvalue weighted by Gasteiger charge is -2.07. The first-order valence-electron chi connectivity index (χ1n) is 6.12. The number of rotatable bonds is 4. The minimum atomic E-state index is 0.455. The summed E-state index contributed by atoms with van der Waals surface area (Å²) >= 11 is 6.05. The Balaban J connectivity index is 2.34. The van der Waals surface area contributed by atoms with Crippen molar-refractivity contribution in [1.82, 2.24) is 15.0 Å². The largest absolute Gasteiger partial charge is 0.481 e. The summed E-state index contributed by atoms with van der Waals surface area (Å²) in [5, 5.41) is 0.455. The lowest BCUT2D eigenvalue weighted by molar-refractivity contribution is 0.398. The molecule has 0 aromatic carbocycles. The molecule has 0 amide bonds. The maximum absolute atomic E-state index is 6.05. The molecule has 2 aromatic heterocycles. The molecule has 0 radical (unpaired) electrons. The monoisotopic (exact) mass is 277 g/mol. The first kappa shape index (κ1) is 13.7. The zero-order valence-corrected chi connectivity index (χ0v) is 12.0. The molecule has 2 aromatic rings. The smallest absolute Gasteiger partial charge is 0.212 e. The molecule has 5 heteroatoms. The molecule has 0 N–H and O–H groups in total. The Labute approximate surface area is 117 Å². The average Bonchev–Trinajstić information content (AvgIpc) is 2.37. The Morgan fingerprint density at radius 3 is 2.63 bits per heavy atom. The second-order valence-corrected chi connectivity index (χ2v) is 5.08. The quantitative estimate of drug-likeness (QED) is 0.804. The summed E-state index contributed by atoms with van der Waals surface area (Å²) in [6.07, 6.45) is 2.56. The highest BCUT2D eigenvalue weighted by Crippen LogP contribution is 2.20. The van der Waals surface area contributed by atoms with Gasteiger partial charge in [-0.2, -0.15) is 0 Å². The normalized spacial score (nSPS) is 10.8. The molecule has 0 fully saturated rings. The minimum absolute atomic E-state index is 0.455. The van der Waals surface area contributed by atoms with Gasteiger partial charge in [0.15, 0.2) is 5.82 Å². The highest BCUT2D eigenvalue weighted by molar-refractivity contribution is 6.29. The maximum Gasteiger partial charge on any atom is 0.212 e. The molecular formula is C14H16ClN3O. The predicted molar refractivity (Wildman–Crippen MR) is 75.4 cm³/mol. The number of methoxy groups -OCH3 is 1. The zero-order chi connectivity index (χ0) is 13.8.